The molecule has 0 fully saturated rings. The molecule has 0 atom stereocenters. The number of nitrogens with one attached hydrogen (secondary N) is 1. The zero-order chi connectivity index (χ0) is 17.7. The molecule has 0 radical (unpaired) electrons. The number of benzene rings is 2. The van der Waals surface area contributed by atoms with Gasteiger partial charge in [0.15, 0.2) is 0 Å². The average molecular weight is 473 g/mol. The molecule has 122 valence electrons. The first-order valence-corrected chi connectivity index (χ1v) is 8.50. The van der Waals surface area contributed by atoms with E-state index in [1.165, 1.54) is 6.08 Å². The van der Waals surface area contributed by atoms with Gasteiger partial charge in [0.1, 0.15) is 17.4 Å². The highest BCUT2D eigenvalue weighted by molar-refractivity contribution is 14.1. The van der Waals surface area contributed by atoms with Crippen molar-refractivity contribution in [1.82, 2.24) is 0 Å². The summed E-state index contributed by atoms with van der Waals surface area (Å²) in [7, 11) is 1.58. The third-order valence-electron chi connectivity index (χ3n) is 3.05. The van der Waals surface area contributed by atoms with Crippen molar-refractivity contribution in [2.24, 2.45) is 0 Å². The molecular weight excluding hydrogens is 462 g/mol. The first-order valence-electron chi connectivity index (χ1n) is 6.67. The van der Waals surface area contributed by atoms with E-state index < -0.39 is 5.91 Å². The standard InChI is InChI=1S/C17H11Cl2IN2O2/c1-24-15-6-5-10(8-13(15)20)7-11(9-21)17(23)22-14-4-2-3-12(18)16(14)19/h2-8H,1H3,(H,22,23)/b11-7-. The van der Waals surface area contributed by atoms with Gasteiger partial charge in [0, 0.05) is 0 Å². The summed E-state index contributed by atoms with van der Waals surface area (Å²) in [6.07, 6.45) is 1.50. The molecule has 7 heteroatoms. The molecule has 0 aliphatic carbocycles. The van der Waals surface area contributed by atoms with Crippen LogP contribution < -0.4 is 10.1 Å². The van der Waals surface area contributed by atoms with Crippen molar-refractivity contribution in [2.45, 2.75) is 0 Å². The van der Waals surface area contributed by atoms with Crippen LogP contribution in [0.4, 0.5) is 5.69 Å². The predicted octanol–water partition coefficient (Wildman–Crippen LogP) is 5.15. The third kappa shape index (κ3) is 4.41. The van der Waals surface area contributed by atoms with Crippen molar-refractivity contribution in [3.63, 3.8) is 0 Å². The minimum Gasteiger partial charge on any atom is -0.496 e. The number of hydrogen-bond donors (Lipinski definition) is 1. The van der Waals surface area contributed by atoms with E-state index in [-0.39, 0.29) is 10.6 Å². The van der Waals surface area contributed by atoms with Gasteiger partial charge < -0.3 is 10.1 Å². The number of amides is 1. The predicted molar refractivity (Wildman–Crippen MR) is 104 cm³/mol. The molecule has 0 heterocycles. The zero-order valence-corrected chi connectivity index (χ0v) is 16.1. The Morgan fingerprint density at radius 3 is 2.71 bits per heavy atom. The van der Waals surface area contributed by atoms with Crippen molar-refractivity contribution in [1.29, 1.82) is 5.26 Å². The Kier molecular flexibility index (Phi) is 6.49. The van der Waals surface area contributed by atoms with Crippen molar-refractivity contribution in [2.75, 3.05) is 12.4 Å². The van der Waals surface area contributed by atoms with Crippen LogP contribution in [-0.2, 0) is 4.79 Å². The smallest absolute Gasteiger partial charge is 0.266 e. The lowest BCUT2D eigenvalue weighted by atomic mass is 10.1. The molecule has 2 rings (SSSR count). The van der Waals surface area contributed by atoms with Crippen LogP contribution >= 0.6 is 45.8 Å². The van der Waals surface area contributed by atoms with Gasteiger partial charge in [0.05, 0.1) is 26.4 Å². The summed E-state index contributed by atoms with van der Waals surface area (Å²) < 4.78 is 6.06. The monoisotopic (exact) mass is 472 g/mol. The van der Waals surface area contributed by atoms with E-state index in [0.29, 0.717) is 16.3 Å². The quantitative estimate of drug-likeness (QED) is 0.380. The second kappa shape index (κ2) is 8.38. The summed E-state index contributed by atoms with van der Waals surface area (Å²) in [5.41, 5.74) is 1.01. The molecule has 2 aromatic rings. The van der Waals surface area contributed by atoms with Gasteiger partial charge in [-0.25, -0.2) is 0 Å². The van der Waals surface area contributed by atoms with Crippen LogP contribution in [0.15, 0.2) is 42.0 Å². The Hall–Kier alpha value is -1.75. The summed E-state index contributed by atoms with van der Waals surface area (Å²) in [5, 5.41) is 12.4. The van der Waals surface area contributed by atoms with E-state index in [0.717, 1.165) is 9.32 Å². The molecule has 24 heavy (non-hydrogen) atoms. The second-order valence-electron chi connectivity index (χ2n) is 4.62. The van der Waals surface area contributed by atoms with Crippen LogP contribution in [0.3, 0.4) is 0 Å². The highest BCUT2D eigenvalue weighted by Crippen LogP contribution is 2.30. The lowest BCUT2D eigenvalue weighted by molar-refractivity contribution is -0.112. The van der Waals surface area contributed by atoms with E-state index in [9.17, 15) is 10.1 Å². The number of nitrogens with zero attached hydrogens (tertiary/aromatic N) is 1. The van der Waals surface area contributed by atoms with Gasteiger partial charge in [0.2, 0.25) is 0 Å². The number of rotatable bonds is 4. The maximum atomic E-state index is 12.3. The molecular formula is C17H11Cl2IN2O2. The van der Waals surface area contributed by atoms with Crippen LogP contribution in [0.5, 0.6) is 5.75 Å². The van der Waals surface area contributed by atoms with Gasteiger partial charge in [-0.2, -0.15) is 5.26 Å². The van der Waals surface area contributed by atoms with E-state index >= 15 is 0 Å². The average Bonchev–Trinajstić information content (AvgIpc) is 2.57. The molecule has 0 saturated carbocycles. The molecule has 0 unspecified atom stereocenters. The Balaban J connectivity index is 2.27. The Bertz CT molecular complexity index is 860. The zero-order valence-electron chi connectivity index (χ0n) is 12.4. The topological polar surface area (TPSA) is 62.1 Å². The van der Waals surface area contributed by atoms with Crippen molar-refractivity contribution < 1.29 is 9.53 Å². The lowest BCUT2D eigenvalue weighted by Crippen LogP contribution is -2.13. The molecule has 1 amide bonds. The van der Waals surface area contributed by atoms with Crippen molar-refractivity contribution in [3.8, 4) is 11.8 Å². The first kappa shape index (κ1) is 18.6. The lowest BCUT2D eigenvalue weighted by Gasteiger charge is -2.08. The molecule has 0 aliphatic rings. The summed E-state index contributed by atoms with van der Waals surface area (Å²) in [5.74, 6) is 0.161. The first-order chi connectivity index (χ1) is 11.5. The molecule has 0 saturated heterocycles. The number of carbonyl (C=O) groups is 1. The number of nitriles is 1. The maximum absolute atomic E-state index is 12.3. The van der Waals surface area contributed by atoms with Crippen LogP contribution in [0.1, 0.15) is 5.56 Å². The maximum Gasteiger partial charge on any atom is 0.266 e. The molecule has 0 aliphatic heterocycles. The van der Waals surface area contributed by atoms with E-state index in [1.54, 1.807) is 37.4 Å². The Labute approximate surface area is 163 Å². The Morgan fingerprint density at radius 2 is 2.08 bits per heavy atom. The Morgan fingerprint density at radius 1 is 1.33 bits per heavy atom. The summed E-state index contributed by atoms with van der Waals surface area (Å²) in [6.45, 7) is 0. The van der Waals surface area contributed by atoms with E-state index in [4.69, 9.17) is 27.9 Å². The summed E-state index contributed by atoms with van der Waals surface area (Å²) in [4.78, 5) is 12.3. The number of methoxy groups -OCH3 is 1. The van der Waals surface area contributed by atoms with Gasteiger partial charge in [-0.05, 0) is 58.5 Å². The van der Waals surface area contributed by atoms with Crippen molar-refractivity contribution in [3.05, 3.63) is 61.2 Å². The van der Waals surface area contributed by atoms with Gasteiger partial charge in [0.25, 0.3) is 5.91 Å². The van der Waals surface area contributed by atoms with E-state index in [1.807, 2.05) is 12.1 Å². The fourth-order valence-electron chi connectivity index (χ4n) is 1.88. The number of carbonyl (C=O) groups excluding carboxylic acids is 1. The van der Waals surface area contributed by atoms with Crippen LogP contribution in [-0.4, -0.2) is 13.0 Å². The molecule has 2 aromatic carbocycles. The van der Waals surface area contributed by atoms with E-state index in [2.05, 4.69) is 27.9 Å². The molecule has 0 aromatic heterocycles. The largest absolute Gasteiger partial charge is 0.496 e. The number of halogens is 3. The van der Waals surface area contributed by atoms with Crippen LogP contribution in [0, 0.1) is 14.9 Å². The van der Waals surface area contributed by atoms with Gasteiger partial charge in [-0.15, -0.1) is 0 Å². The normalized spacial score (nSPS) is 10.9. The SMILES string of the molecule is COc1ccc(/C=C(/C#N)C(=O)Nc2cccc(Cl)c2Cl)cc1I. The second-order valence-corrected chi connectivity index (χ2v) is 6.57. The fraction of sp³-hybridized carbons (Fsp3) is 0.0588. The highest BCUT2D eigenvalue weighted by atomic mass is 127. The number of ether oxygens (including phenoxy) is 1. The van der Waals surface area contributed by atoms with Gasteiger partial charge >= 0.3 is 0 Å². The fourth-order valence-corrected chi connectivity index (χ4v) is 2.99. The minimum atomic E-state index is -0.563. The van der Waals surface area contributed by atoms with Gasteiger partial charge in [-0.3, -0.25) is 4.79 Å². The van der Waals surface area contributed by atoms with Crippen LogP contribution in [0.2, 0.25) is 10.0 Å². The highest BCUT2D eigenvalue weighted by Gasteiger charge is 2.13. The van der Waals surface area contributed by atoms with Crippen LogP contribution in [0.25, 0.3) is 6.08 Å². The minimum absolute atomic E-state index is 0.0491. The number of anilines is 1. The molecule has 4 nitrogen and oxygen atoms in total. The molecule has 1 N–H and O–H groups in total. The number of hydrogen-bond acceptors (Lipinski definition) is 3. The third-order valence-corrected chi connectivity index (χ3v) is 4.71. The summed E-state index contributed by atoms with van der Waals surface area (Å²) in [6, 6.07) is 12.1. The molecule has 0 spiro atoms. The van der Waals surface area contributed by atoms with Crippen molar-refractivity contribution >= 4 is 63.5 Å². The molecule has 0 bridgehead atoms. The summed E-state index contributed by atoms with van der Waals surface area (Å²) >= 11 is 14.1. The van der Waals surface area contributed by atoms with Gasteiger partial charge in [-0.1, -0.05) is 35.3 Å².